The lowest BCUT2D eigenvalue weighted by Crippen LogP contribution is -2.18. The van der Waals surface area contributed by atoms with Crippen molar-refractivity contribution in [3.63, 3.8) is 0 Å². The van der Waals surface area contributed by atoms with Crippen molar-refractivity contribution in [1.29, 1.82) is 0 Å². The molecule has 0 N–H and O–H groups in total. The van der Waals surface area contributed by atoms with E-state index >= 15 is 0 Å². The molecule has 0 atom stereocenters. The average Bonchev–Trinajstić information content (AvgIpc) is 2.74. The van der Waals surface area contributed by atoms with E-state index in [0.717, 1.165) is 24.9 Å². The van der Waals surface area contributed by atoms with Crippen molar-refractivity contribution in [3.8, 4) is 0 Å². The highest BCUT2D eigenvalue weighted by atomic mass is 35.5. The molecule has 80 valence electrons. The Kier molecular flexibility index (Phi) is 2.96. The van der Waals surface area contributed by atoms with E-state index in [4.69, 9.17) is 11.6 Å². The van der Waals surface area contributed by atoms with Gasteiger partial charge in [-0.05, 0) is 37.5 Å². The second-order valence-corrected chi connectivity index (χ2v) is 4.38. The van der Waals surface area contributed by atoms with Gasteiger partial charge in [-0.1, -0.05) is 11.6 Å². The van der Waals surface area contributed by atoms with Crippen molar-refractivity contribution in [2.75, 3.05) is 18.0 Å². The molecule has 1 fully saturated rings. The minimum absolute atomic E-state index is 0.553. The lowest BCUT2D eigenvalue weighted by molar-refractivity contribution is 0.112. The Morgan fingerprint density at radius 3 is 2.60 bits per heavy atom. The smallest absolute Gasteiger partial charge is 0.151 e. The summed E-state index contributed by atoms with van der Waals surface area (Å²) < 4.78 is 0. The molecule has 0 bridgehead atoms. The van der Waals surface area contributed by atoms with Gasteiger partial charge in [-0.25, -0.2) is 0 Å². The fraction of sp³-hybridized carbons (Fsp3) is 0.417. The monoisotopic (exact) mass is 223 g/mol. The van der Waals surface area contributed by atoms with E-state index < -0.39 is 0 Å². The highest BCUT2D eigenvalue weighted by Gasteiger charge is 2.15. The molecule has 0 amide bonds. The number of hydrogen-bond donors (Lipinski definition) is 0. The fourth-order valence-corrected chi connectivity index (χ4v) is 2.28. The summed E-state index contributed by atoms with van der Waals surface area (Å²) in [5.74, 6) is 0. The number of aryl methyl sites for hydroxylation is 1. The van der Waals surface area contributed by atoms with E-state index in [9.17, 15) is 4.79 Å². The summed E-state index contributed by atoms with van der Waals surface area (Å²) in [5.41, 5.74) is 2.88. The number of halogens is 1. The zero-order valence-electron chi connectivity index (χ0n) is 8.79. The molecule has 1 saturated heterocycles. The van der Waals surface area contributed by atoms with Gasteiger partial charge in [0.2, 0.25) is 0 Å². The predicted molar refractivity (Wildman–Crippen MR) is 63.0 cm³/mol. The van der Waals surface area contributed by atoms with Crippen molar-refractivity contribution in [2.24, 2.45) is 0 Å². The third-order valence-corrected chi connectivity index (χ3v) is 3.22. The Bertz CT molecular complexity index is 383. The van der Waals surface area contributed by atoms with Gasteiger partial charge in [-0.3, -0.25) is 4.79 Å². The van der Waals surface area contributed by atoms with Gasteiger partial charge < -0.3 is 4.90 Å². The molecule has 0 spiro atoms. The van der Waals surface area contributed by atoms with Crippen molar-refractivity contribution in [1.82, 2.24) is 0 Å². The Balaban J connectivity index is 2.39. The lowest BCUT2D eigenvalue weighted by atomic mass is 10.1. The highest BCUT2D eigenvalue weighted by Crippen LogP contribution is 2.29. The number of anilines is 1. The number of carbonyl (C=O) groups is 1. The zero-order valence-corrected chi connectivity index (χ0v) is 9.55. The van der Waals surface area contributed by atoms with Crippen LogP contribution >= 0.6 is 11.6 Å². The summed E-state index contributed by atoms with van der Waals surface area (Å²) in [6.07, 6.45) is 3.29. The molecule has 1 aromatic carbocycles. The maximum atomic E-state index is 10.7. The van der Waals surface area contributed by atoms with Gasteiger partial charge in [-0.2, -0.15) is 0 Å². The van der Waals surface area contributed by atoms with Crippen LogP contribution in [0.1, 0.15) is 28.8 Å². The van der Waals surface area contributed by atoms with Gasteiger partial charge in [0.15, 0.2) is 6.29 Å². The van der Waals surface area contributed by atoms with Gasteiger partial charge in [0.05, 0.1) is 5.02 Å². The first-order chi connectivity index (χ1) is 7.22. The molecule has 2 rings (SSSR count). The Hall–Kier alpha value is -1.02. The van der Waals surface area contributed by atoms with Crippen molar-refractivity contribution in [3.05, 3.63) is 28.3 Å². The third-order valence-electron chi connectivity index (χ3n) is 2.89. The topological polar surface area (TPSA) is 20.3 Å². The predicted octanol–water partition coefficient (Wildman–Crippen LogP) is 3.06. The molecule has 3 heteroatoms. The van der Waals surface area contributed by atoms with E-state index in [1.165, 1.54) is 18.5 Å². The van der Waals surface area contributed by atoms with Crippen LogP contribution < -0.4 is 4.90 Å². The van der Waals surface area contributed by atoms with E-state index in [1.54, 1.807) is 0 Å². The highest BCUT2D eigenvalue weighted by molar-refractivity contribution is 6.33. The number of rotatable bonds is 2. The summed E-state index contributed by atoms with van der Waals surface area (Å²) in [6, 6.07) is 3.77. The van der Waals surface area contributed by atoms with Gasteiger partial charge in [-0.15, -0.1) is 0 Å². The molecule has 1 aromatic rings. The lowest BCUT2D eigenvalue weighted by Gasteiger charge is -2.20. The van der Waals surface area contributed by atoms with Gasteiger partial charge in [0.25, 0.3) is 0 Å². The number of hydrogen-bond acceptors (Lipinski definition) is 2. The molecule has 0 radical (unpaired) electrons. The molecule has 2 nitrogen and oxygen atoms in total. The van der Waals surface area contributed by atoms with Crippen LogP contribution in [0.15, 0.2) is 12.1 Å². The van der Waals surface area contributed by atoms with E-state index in [2.05, 4.69) is 4.90 Å². The Labute approximate surface area is 94.8 Å². The largest absolute Gasteiger partial charge is 0.371 e. The van der Waals surface area contributed by atoms with Crippen molar-refractivity contribution >= 4 is 23.6 Å². The molecule has 1 aliphatic heterocycles. The van der Waals surface area contributed by atoms with Crippen molar-refractivity contribution < 1.29 is 4.79 Å². The quantitative estimate of drug-likeness (QED) is 0.719. The SMILES string of the molecule is Cc1cc(C=O)c(Cl)cc1N1CCCC1. The second-order valence-electron chi connectivity index (χ2n) is 3.97. The summed E-state index contributed by atoms with van der Waals surface area (Å²) >= 11 is 6.02. The normalized spacial score (nSPS) is 15.7. The summed E-state index contributed by atoms with van der Waals surface area (Å²) in [7, 11) is 0. The molecule has 0 saturated carbocycles. The van der Waals surface area contributed by atoms with Crippen LogP contribution in [-0.4, -0.2) is 19.4 Å². The number of benzene rings is 1. The number of aldehydes is 1. The molecule has 1 heterocycles. The average molecular weight is 224 g/mol. The number of carbonyl (C=O) groups excluding carboxylic acids is 1. The van der Waals surface area contributed by atoms with Crippen molar-refractivity contribution in [2.45, 2.75) is 19.8 Å². The molecule has 1 aliphatic rings. The third kappa shape index (κ3) is 2.00. The summed E-state index contributed by atoms with van der Waals surface area (Å²) in [4.78, 5) is 13.0. The second kappa shape index (κ2) is 4.23. The molecule has 0 aliphatic carbocycles. The summed E-state index contributed by atoms with van der Waals surface area (Å²) in [5, 5.41) is 0.553. The number of nitrogens with zero attached hydrogens (tertiary/aromatic N) is 1. The van der Waals surface area contributed by atoms with Crippen LogP contribution in [0.2, 0.25) is 5.02 Å². The minimum Gasteiger partial charge on any atom is -0.371 e. The zero-order chi connectivity index (χ0) is 10.8. The maximum absolute atomic E-state index is 10.7. The summed E-state index contributed by atoms with van der Waals surface area (Å²) in [6.45, 7) is 4.21. The van der Waals surface area contributed by atoms with Crippen LogP contribution in [0.25, 0.3) is 0 Å². The minimum atomic E-state index is 0.553. The fourth-order valence-electron chi connectivity index (χ4n) is 2.08. The molecular formula is C12H14ClNO. The molecule has 0 aromatic heterocycles. The maximum Gasteiger partial charge on any atom is 0.151 e. The van der Waals surface area contributed by atoms with E-state index in [0.29, 0.717) is 10.6 Å². The van der Waals surface area contributed by atoms with E-state index in [-0.39, 0.29) is 0 Å². The van der Waals surface area contributed by atoms with E-state index in [1.807, 2.05) is 19.1 Å². The van der Waals surface area contributed by atoms with Gasteiger partial charge >= 0.3 is 0 Å². The molecule has 0 unspecified atom stereocenters. The van der Waals surface area contributed by atoms with Gasteiger partial charge in [0, 0.05) is 24.3 Å². The molecule has 15 heavy (non-hydrogen) atoms. The Morgan fingerprint density at radius 2 is 2.00 bits per heavy atom. The van der Waals surface area contributed by atoms with Crippen LogP contribution in [0.4, 0.5) is 5.69 Å². The van der Waals surface area contributed by atoms with Crippen LogP contribution in [0, 0.1) is 6.92 Å². The van der Waals surface area contributed by atoms with Gasteiger partial charge in [0.1, 0.15) is 0 Å². The molecular weight excluding hydrogens is 210 g/mol. The first-order valence-electron chi connectivity index (χ1n) is 5.22. The van der Waals surface area contributed by atoms with Crippen LogP contribution in [0.3, 0.4) is 0 Å². The van der Waals surface area contributed by atoms with Crippen LogP contribution in [0.5, 0.6) is 0 Å². The van der Waals surface area contributed by atoms with Crippen LogP contribution in [-0.2, 0) is 0 Å². The first kappa shape index (κ1) is 10.5. The standard InChI is InChI=1S/C12H14ClNO/c1-9-6-10(8-15)11(13)7-12(9)14-4-2-3-5-14/h6-8H,2-5H2,1H3. The first-order valence-corrected chi connectivity index (χ1v) is 5.60. The Morgan fingerprint density at radius 1 is 1.33 bits per heavy atom.